The number of nitrogens with zero attached hydrogens (tertiary/aromatic N) is 2. The summed E-state index contributed by atoms with van der Waals surface area (Å²) in [6.45, 7) is 0.902. The second-order valence-electron chi connectivity index (χ2n) is 5.92. The molecule has 2 atom stereocenters. The molecule has 3 heterocycles. The molecule has 2 bridgehead atoms. The predicted molar refractivity (Wildman–Crippen MR) is 80.7 cm³/mol. The minimum Gasteiger partial charge on any atom is -0.309 e. The van der Waals surface area contributed by atoms with E-state index < -0.39 is 19.9 Å². The van der Waals surface area contributed by atoms with Gasteiger partial charge < -0.3 is 5.32 Å². The lowest BCUT2D eigenvalue weighted by atomic mass is 9.96. The van der Waals surface area contributed by atoms with Crippen LogP contribution in [-0.2, 0) is 19.9 Å². The van der Waals surface area contributed by atoms with E-state index >= 15 is 0 Å². The van der Waals surface area contributed by atoms with Crippen LogP contribution in [0, 0.1) is 0 Å². The second kappa shape index (κ2) is 5.55. The Morgan fingerprint density at radius 1 is 1.14 bits per heavy atom. The van der Waals surface area contributed by atoms with Crippen molar-refractivity contribution in [2.45, 2.75) is 41.3 Å². The van der Waals surface area contributed by atoms with Gasteiger partial charge in [0.15, 0.2) is 14.9 Å². The highest BCUT2D eigenvalue weighted by atomic mass is 32.2. The zero-order chi connectivity index (χ0) is 16.0. The van der Waals surface area contributed by atoms with Gasteiger partial charge in [-0.3, -0.25) is 0 Å². The van der Waals surface area contributed by atoms with Gasteiger partial charge in [0.2, 0.25) is 10.0 Å². The molecular weight excluding hydrogens is 326 g/mol. The molecule has 22 heavy (non-hydrogen) atoms. The lowest BCUT2D eigenvalue weighted by Gasteiger charge is -2.41. The number of piperidine rings is 1. The topological polar surface area (TPSA) is 96.4 Å². The number of piperazine rings is 1. The summed E-state index contributed by atoms with van der Waals surface area (Å²) >= 11 is 0. The van der Waals surface area contributed by atoms with Crippen molar-refractivity contribution in [2.24, 2.45) is 0 Å². The quantitative estimate of drug-likeness (QED) is 0.828. The van der Waals surface area contributed by atoms with Gasteiger partial charge in [-0.1, -0.05) is 6.42 Å². The SMILES string of the molecule is CS(=O)(=O)c1ccc(S(=O)(=O)N2CC3CCCC(C2)N3)cn1. The van der Waals surface area contributed by atoms with Crippen LogP contribution in [0.4, 0.5) is 0 Å². The maximum absolute atomic E-state index is 12.7. The van der Waals surface area contributed by atoms with E-state index in [0.717, 1.165) is 31.7 Å². The van der Waals surface area contributed by atoms with Gasteiger partial charge in [-0.05, 0) is 25.0 Å². The van der Waals surface area contributed by atoms with Crippen molar-refractivity contribution < 1.29 is 16.8 Å². The molecule has 2 aliphatic heterocycles. The van der Waals surface area contributed by atoms with Gasteiger partial charge in [0.05, 0.1) is 0 Å². The first kappa shape index (κ1) is 15.9. The Kier molecular flexibility index (Phi) is 4.00. The molecule has 0 aromatic carbocycles. The van der Waals surface area contributed by atoms with Crippen molar-refractivity contribution in [1.82, 2.24) is 14.6 Å². The van der Waals surface area contributed by atoms with Gasteiger partial charge in [0.1, 0.15) is 4.90 Å². The van der Waals surface area contributed by atoms with Crippen LogP contribution in [0.1, 0.15) is 19.3 Å². The van der Waals surface area contributed by atoms with E-state index in [2.05, 4.69) is 10.3 Å². The smallest absolute Gasteiger partial charge is 0.244 e. The van der Waals surface area contributed by atoms with E-state index in [9.17, 15) is 16.8 Å². The predicted octanol–water partition coefficient (Wildman–Crippen LogP) is 0.000100. The maximum Gasteiger partial charge on any atom is 0.244 e. The Morgan fingerprint density at radius 2 is 1.77 bits per heavy atom. The summed E-state index contributed by atoms with van der Waals surface area (Å²) in [4.78, 5) is 3.82. The van der Waals surface area contributed by atoms with Crippen molar-refractivity contribution >= 4 is 19.9 Å². The molecule has 0 spiro atoms. The van der Waals surface area contributed by atoms with Gasteiger partial charge in [-0.2, -0.15) is 4.31 Å². The first-order valence-corrected chi connectivity index (χ1v) is 10.5. The number of aromatic nitrogens is 1. The Hall–Kier alpha value is -1.03. The fourth-order valence-electron chi connectivity index (χ4n) is 3.05. The molecule has 122 valence electrons. The van der Waals surface area contributed by atoms with Gasteiger partial charge in [-0.15, -0.1) is 0 Å². The summed E-state index contributed by atoms with van der Waals surface area (Å²) in [6.07, 6.45) is 5.26. The average Bonchev–Trinajstić information content (AvgIpc) is 2.46. The van der Waals surface area contributed by atoms with Crippen LogP contribution in [0.2, 0.25) is 0 Å². The Labute approximate surface area is 130 Å². The van der Waals surface area contributed by atoms with Crippen LogP contribution in [0.25, 0.3) is 0 Å². The van der Waals surface area contributed by atoms with Crippen LogP contribution < -0.4 is 5.32 Å². The van der Waals surface area contributed by atoms with E-state index in [1.807, 2.05) is 0 Å². The molecule has 0 aliphatic carbocycles. The van der Waals surface area contributed by atoms with E-state index in [0.29, 0.717) is 13.1 Å². The molecule has 1 N–H and O–H groups in total. The Balaban J connectivity index is 1.86. The van der Waals surface area contributed by atoms with Crippen LogP contribution >= 0.6 is 0 Å². The van der Waals surface area contributed by atoms with Crippen molar-refractivity contribution in [3.05, 3.63) is 18.3 Å². The molecule has 2 saturated heterocycles. The number of hydrogen-bond acceptors (Lipinski definition) is 6. The average molecular weight is 345 g/mol. The number of hydrogen-bond donors (Lipinski definition) is 1. The highest BCUT2D eigenvalue weighted by Crippen LogP contribution is 2.25. The van der Waals surface area contributed by atoms with Gasteiger partial charge in [0, 0.05) is 37.6 Å². The van der Waals surface area contributed by atoms with Gasteiger partial charge in [-0.25, -0.2) is 21.8 Å². The molecule has 0 saturated carbocycles. The van der Waals surface area contributed by atoms with E-state index in [4.69, 9.17) is 0 Å². The number of nitrogens with one attached hydrogen (secondary N) is 1. The van der Waals surface area contributed by atoms with Crippen molar-refractivity contribution in [1.29, 1.82) is 0 Å². The lowest BCUT2D eigenvalue weighted by molar-refractivity contribution is 0.190. The molecular formula is C13H19N3O4S2. The number of rotatable bonds is 3. The molecule has 3 rings (SSSR count). The van der Waals surface area contributed by atoms with Crippen LogP contribution in [0.5, 0.6) is 0 Å². The van der Waals surface area contributed by atoms with E-state index in [1.165, 1.54) is 16.4 Å². The Bertz CT molecular complexity index is 747. The first-order valence-electron chi connectivity index (χ1n) is 7.19. The summed E-state index contributed by atoms with van der Waals surface area (Å²) in [7, 11) is -7.06. The lowest BCUT2D eigenvalue weighted by Crippen LogP contribution is -2.59. The summed E-state index contributed by atoms with van der Waals surface area (Å²) < 4.78 is 49.7. The molecule has 2 fully saturated rings. The number of sulfonamides is 1. The van der Waals surface area contributed by atoms with Gasteiger partial charge in [0.25, 0.3) is 0 Å². The fraction of sp³-hybridized carbons (Fsp3) is 0.615. The molecule has 2 aliphatic rings. The van der Waals surface area contributed by atoms with Crippen molar-refractivity contribution in [3.63, 3.8) is 0 Å². The largest absolute Gasteiger partial charge is 0.309 e. The number of sulfone groups is 1. The summed E-state index contributed by atoms with van der Waals surface area (Å²) in [5, 5.41) is 3.31. The summed E-state index contributed by atoms with van der Waals surface area (Å²) in [5.41, 5.74) is 0. The fourth-order valence-corrected chi connectivity index (χ4v) is 5.08. The first-order chi connectivity index (χ1) is 10.3. The molecule has 0 amide bonds. The zero-order valence-electron chi connectivity index (χ0n) is 12.3. The number of pyridine rings is 1. The number of fused-ring (bicyclic) bond motifs is 2. The third kappa shape index (κ3) is 3.03. The normalized spacial score (nSPS) is 26.8. The zero-order valence-corrected chi connectivity index (χ0v) is 13.9. The molecule has 1 aromatic rings. The molecule has 2 unspecified atom stereocenters. The summed E-state index contributed by atoms with van der Waals surface area (Å²) in [5.74, 6) is 0. The van der Waals surface area contributed by atoms with Gasteiger partial charge >= 0.3 is 0 Å². The van der Waals surface area contributed by atoms with Crippen molar-refractivity contribution in [3.8, 4) is 0 Å². The standard InChI is InChI=1S/C13H19N3O4S2/c1-21(17,18)13-6-5-12(7-14-13)22(19,20)16-8-10-3-2-4-11(9-16)15-10/h5-7,10-11,15H,2-4,8-9H2,1H3. The molecule has 7 nitrogen and oxygen atoms in total. The minimum atomic E-state index is -3.63. The summed E-state index contributed by atoms with van der Waals surface area (Å²) in [6, 6.07) is 2.96. The van der Waals surface area contributed by atoms with E-state index in [1.54, 1.807) is 0 Å². The maximum atomic E-state index is 12.7. The molecule has 9 heteroatoms. The van der Waals surface area contributed by atoms with Crippen LogP contribution in [0.15, 0.2) is 28.3 Å². The highest BCUT2D eigenvalue weighted by Gasteiger charge is 2.36. The molecule has 1 aromatic heterocycles. The highest BCUT2D eigenvalue weighted by molar-refractivity contribution is 7.90. The van der Waals surface area contributed by atoms with Crippen molar-refractivity contribution in [2.75, 3.05) is 19.3 Å². The van der Waals surface area contributed by atoms with Crippen LogP contribution in [-0.4, -0.2) is 57.6 Å². The Morgan fingerprint density at radius 3 is 2.27 bits per heavy atom. The molecule has 0 radical (unpaired) electrons. The third-order valence-electron chi connectivity index (χ3n) is 4.15. The third-order valence-corrected chi connectivity index (χ3v) is 6.97. The minimum absolute atomic E-state index is 0.0415. The second-order valence-corrected chi connectivity index (χ2v) is 9.82. The van der Waals surface area contributed by atoms with Crippen LogP contribution in [0.3, 0.4) is 0 Å². The monoisotopic (exact) mass is 345 g/mol. The van der Waals surface area contributed by atoms with E-state index in [-0.39, 0.29) is 22.0 Å².